The third-order valence-electron chi connectivity index (χ3n) is 2.91. The molecule has 4 nitrogen and oxygen atoms in total. The number of fused-ring (bicyclic) bond motifs is 1. The minimum atomic E-state index is 0.840. The second kappa shape index (κ2) is 3.22. The predicted octanol–water partition coefficient (Wildman–Crippen LogP) is 1.87. The molecule has 0 aromatic carbocycles. The van der Waals surface area contributed by atoms with E-state index in [-0.39, 0.29) is 0 Å². The molecule has 3 rings (SSSR count). The van der Waals surface area contributed by atoms with Crippen LogP contribution in [0.2, 0.25) is 0 Å². The molecule has 0 bridgehead atoms. The first-order valence-electron chi connectivity index (χ1n) is 5.41. The van der Waals surface area contributed by atoms with Crippen LogP contribution < -0.4 is 4.90 Å². The summed E-state index contributed by atoms with van der Waals surface area (Å²) >= 11 is 0. The molecule has 0 radical (unpaired) electrons. The van der Waals surface area contributed by atoms with Crippen molar-refractivity contribution in [2.45, 2.75) is 19.8 Å². The Bertz CT molecular complexity index is 482. The Balaban J connectivity index is 2.18. The molecule has 1 aliphatic rings. The predicted molar refractivity (Wildman–Crippen MR) is 60.1 cm³/mol. The molecule has 0 spiro atoms. The van der Waals surface area contributed by atoms with Crippen LogP contribution in [0, 0.1) is 6.92 Å². The summed E-state index contributed by atoms with van der Waals surface area (Å²) in [5.41, 5.74) is 0.949. The van der Waals surface area contributed by atoms with Crippen LogP contribution in [0.15, 0.2) is 12.3 Å². The van der Waals surface area contributed by atoms with Crippen molar-refractivity contribution in [2.75, 3.05) is 18.0 Å². The highest BCUT2D eigenvalue weighted by Gasteiger charge is 2.17. The van der Waals surface area contributed by atoms with E-state index in [4.69, 9.17) is 0 Å². The van der Waals surface area contributed by atoms with E-state index >= 15 is 0 Å². The molecule has 2 aromatic rings. The van der Waals surface area contributed by atoms with Crippen LogP contribution in [-0.2, 0) is 0 Å². The van der Waals surface area contributed by atoms with E-state index in [0.29, 0.717) is 0 Å². The van der Waals surface area contributed by atoms with Crippen LogP contribution in [0.5, 0.6) is 0 Å². The third kappa shape index (κ3) is 1.37. The van der Waals surface area contributed by atoms with E-state index < -0.39 is 0 Å². The van der Waals surface area contributed by atoms with E-state index in [0.717, 1.165) is 35.8 Å². The van der Waals surface area contributed by atoms with Crippen LogP contribution in [0.1, 0.15) is 18.7 Å². The first kappa shape index (κ1) is 8.71. The zero-order valence-electron chi connectivity index (χ0n) is 8.82. The highest BCUT2D eigenvalue weighted by Crippen LogP contribution is 2.25. The monoisotopic (exact) mass is 202 g/mol. The van der Waals surface area contributed by atoms with E-state index in [1.54, 1.807) is 0 Å². The number of aromatic nitrogens is 3. The summed E-state index contributed by atoms with van der Waals surface area (Å²) in [7, 11) is 0. The lowest BCUT2D eigenvalue weighted by Crippen LogP contribution is -2.19. The van der Waals surface area contributed by atoms with Crippen molar-refractivity contribution < 1.29 is 0 Å². The van der Waals surface area contributed by atoms with Crippen LogP contribution in [0.3, 0.4) is 0 Å². The van der Waals surface area contributed by atoms with Gasteiger partial charge in [0.05, 0.1) is 5.39 Å². The fourth-order valence-corrected chi connectivity index (χ4v) is 2.20. The minimum Gasteiger partial charge on any atom is -0.356 e. The molecule has 15 heavy (non-hydrogen) atoms. The van der Waals surface area contributed by atoms with Gasteiger partial charge >= 0.3 is 0 Å². The van der Waals surface area contributed by atoms with Gasteiger partial charge in [0.15, 0.2) is 0 Å². The Morgan fingerprint density at radius 3 is 2.87 bits per heavy atom. The van der Waals surface area contributed by atoms with E-state index in [1.165, 1.54) is 12.8 Å². The molecule has 0 atom stereocenters. The van der Waals surface area contributed by atoms with E-state index in [1.807, 2.05) is 13.1 Å². The largest absolute Gasteiger partial charge is 0.356 e. The number of nitrogens with zero attached hydrogens (tertiary/aromatic N) is 3. The average molecular weight is 202 g/mol. The molecule has 3 heterocycles. The van der Waals surface area contributed by atoms with Gasteiger partial charge in [-0.05, 0) is 25.8 Å². The zero-order valence-corrected chi connectivity index (χ0v) is 8.82. The molecular formula is C11H14N4. The van der Waals surface area contributed by atoms with Gasteiger partial charge in [-0.2, -0.15) is 0 Å². The summed E-state index contributed by atoms with van der Waals surface area (Å²) in [4.78, 5) is 14.4. The summed E-state index contributed by atoms with van der Waals surface area (Å²) in [5.74, 6) is 1.93. The van der Waals surface area contributed by atoms with Crippen molar-refractivity contribution in [3.05, 3.63) is 18.1 Å². The van der Waals surface area contributed by atoms with Crippen LogP contribution in [0.4, 0.5) is 5.82 Å². The first-order valence-corrected chi connectivity index (χ1v) is 5.41. The smallest absolute Gasteiger partial charge is 0.143 e. The van der Waals surface area contributed by atoms with Gasteiger partial charge in [0, 0.05) is 19.3 Å². The number of hydrogen-bond donors (Lipinski definition) is 1. The van der Waals surface area contributed by atoms with Crippen molar-refractivity contribution in [3.63, 3.8) is 0 Å². The Morgan fingerprint density at radius 2 is 2.07 bits per heavy atom. The summed E-state index contributed by atoms with van der Waals surface area (Å²) in [6.45, 7) is 4.19. The Kier molecular flexibility index (Phi) is 1.87. The highest BCUT2D eigenvalue weighted by atomic mass is 15.2. The lowest BCUT2D eigenvalue weighted by Gasteiger charge is -2.17. The fourth-order valence-electron chi connectivity index (χ4n) is 2.20. The maximum Gasteiger partial charge on any atom is 0.143 e. The molecule has 0 aliphatic carbocycles. The van der Waals surface area contributed by atoms with Gasteiger partial charge in [-0.15, -0.1) is 0 Å². The summed E-state index contributed by atoms with van der Waals surface area (Å²) in [6.07, 6.45) is 4.47. The molecule has 0 saturated carbocycles. The van der Waals surface area contributed by atoms with Crippen LogP contribution in [0.25, 0.3) is 11.0 Å². The zero-order chi connectivity index (χ0) is 10.3. The van der Waals surface area contributed by atoms with Crippen molar-refractivity contribution in [1.29, 1.82) is 0 Å². The lowest BCUT2D eigenvalue weighted by molar-refractivity contribution is 0.924. The van der Waals surface area contributed by atoms with Gasteiger partial charge in [0.1, 0.15) is 17.3 Å². The Labute approximate surface area is 88.3 Å². The standard InChI is InChI=1S/C11H14N4/c1-8-13-10-9(4-5-12-10)11(14-8)15-6-2-3-7-15/h4-5H,2-3,6-7H2,1H3,(H,12,13,14). The van der Waals surface area contributed by atoms with Crippen LogP contribution in [-0.4, -0.2) is 28.0 Å². The fraction of sp³-hybridized carbons (Fsp3) is 0.455. The second-order valence-corrected chi connectivity index (χ2v) is 4.03. The maximum absolute atomic E-state index is 4.55. The van der Waals surface area contributed by atoms with Crippen molar-refractivity contribution in [2.24, 2.45) is 0 Å². The molecule has 1 aliphatic heterocycles. The summed E-state index contributed by atoms with van der Waals surface area (Å²) in [5, 5.41) is 1.14. The second-order valence-electron chi connectivity index (χ2n) is 4.03. The number of hydrogen-bond acceptors (Lipinski definition) is 3. The van der Waals surface area contributed by atoms with Crippen LogP contribution >= 0.6 is 0 Å². The third-order valence-corrected chi connectivity index (χ3v) is 2.91. The number of H-pyrrole nitrogens is 1. The number of nitrogens with one attached hydrogen (secondary N) is 1. The van der Waals surface area contributed by atoms with Crippen molar-refractivity contribution in [3.8, 4) is 0 Å². The highest BCUT2D eigenvalue weighted by molar-refractivity contribution is 5.87. The number of rotatable bonds is 1. The summed E-state index contributed by atoms with van der Waals surface area (Å²) < 4.78 is 0. The van der Waals surface area contributed by atoms with Crippen molar-refractivity contribution >= 4 is 16.9 Å². The quantitative estimate of drug-likeness (QED) is 0.767. The molecule has 2 aromatic heterocycles. The number of aromatic amines is 1. The van der Waals surface area contributed by atoms with Gasteiger partial charge in [0.2, 0.25) is 0 Å². The van der Waals surface area contributed by atoms with Gasteiger partial charge in [0.25, 0.3) is 0 Å². The maximum atomic E-state index is 4.55. The first-order chi connectivity index (χ1) is 7.34. The van der Waals surface area contributed by atoms with Crippen molar-refractivity contribution in [1.82, 2.24) is 15.0 Å². The van der Waals surface area contributed by atoms with Gasteiger partial charge < -0.3 is 9.88 Å². The molecule has 1 N–H and O–H groups in total. The topological polar surface area (TPSA) is 44.8 Å². The van der Waals surface area contributed by atoms with Gasteiger partial charge in [-0.25, -0.2) is 9.97 Å². The average Bonchev–Trinajstić information content (AvgIpc) is 2.86. The molecule has 78 valence electrons. The lowest BCUT2D eigenvalue weighted by atomic mass is 10.3. The Hall–Kier alpha value is -1.58. The summed E-state index contributed by atoms with van der Waals surface area (Å²) in [6, 6.07) is 2.06. The molecule has 0 amide bonds. The molecule has 0 unspecified atom stereocenters. The normalized spacial score (nSPS) is 16.5. The van der Waals surface area contributed by atoms with Gasteiger partial charge in [-0.1, -0.05) is 0 Å². The SMILES string of the molecule is Cc1nc(N2CCCC2)c2cc[nH]c2n1. The van der Waals surface area contributed by atoms with E-state index in [9.17, 15) is 0 Å². The van der Waals surface area contributed by atoms with Gasteiger partial charge in [-0.3, -0.25) is 0 Å². The minimum absolute atomic E-state index is 0.840. The molecule has 1 saturated heterocycles. The Morgan fingerprint density at radius 1 is 1.27 bits per heavy atom. The number of anilines is 1. The molecular weight excluding hydrogens is 188 g/mol. The molecule has 1 fully saturated rings. The molecule has 4 heteroatoms. The number of aryl methyl sites for hydroxylation is 1. The van der Waals surface area contributed by atoms with E-state index in [2.05, 4.69) is 25.9 Å².